The van der Waals surface area contributed by atoms with Crippen molar-refractivity contribution >= 4 is 22.2 Å². The quantitative estimate of drug-likeness (QED) is 0.383. The molecule has 0 aromatic rings. The molecule has 1 rings (SSSR count). The molecule has 12 heavy (non-hydrogen) atoms. The molecule has 0 N–H and O–H groups in total. The van der Waals surface area contributed by atoms with Crippen molar-refractivity contribution in [3.05, 3.63) is 22.2 Å². The summed E-state index contributed by atoms with van der Waals surface area (Å²) in [7, 11) is 0. The lowest BCUT2D eigenvalue weighted by atomic mass is 10.0. The van der Waals surface area contributed by atoms with Crippen molar-refractivity contribution in [2.45, 2.75) is 32.1 Å². The Morgan fingerprint density at radius 1 is 1.33 bits per heavy atom. The number of rotatable bonds is 1. The van der Waals surface area contributed by atoms with Gasteiger partial charge in [-0.05, 0) is 47.2 Å². The predicted octanol–water partition coefficient (Wildman–Crippen LogP) is 3.35. The zero-order chi connectivity index (χ0) is 8.97. The molecule has 0 saturated heterocycles. The molecule has 1 aliphatic carbocycles. The van der Waals surface area contributed by atoms with Gasteiger partial charge in [0.25, 0.3) is 0 Å². The Bertz CT molecular complexity index is 228. The first-order valence-corrected chi connectivity index (χ1v) is 5.07. The molecule has 0 bridgehead atoms. The molecule has 0 radical (unpaired) electrons. The van der Waals surface area contributed by atoms with Gasteiger partial charge in [-0.1, -0.05) is 18.6 Å². The fraction of sp³-hybridized carbons (Fsp3) is 0.500. The molecule has 0 spiro atoms. The zero-order valence-electron chi connectivity index (χ0n) is 7.11. The largest absolute Gasteiger partial charge is 0.297 e. The van der Waals surface area contributed by atoms with Gasteiger partial charge in [0.1, 0.15) is 0 Å². The van der Waals surface area contributed by atoms with Crippen LogP contribution < -0.4 is 0 Å². The van der Waals surface area contributed by atoms with E-state index in [-0.39, 0.29) is 0 Å². The predicted molar refractivity (Wildman–Crippen MR) is 54.2 cm³/mol. The SMILES string of the molecule is C=C1CCCCC/C1=C(/Br)C=O. The average molecular weight is 229 g/mol. The third-order valence-corrected chi connectivity index (χ3v) is 2.89. The van der Waals surface area contributed by atoms with Gasteiger partial charge >= 0.3 is 0 Å². The van der Waals surface area contributed by atoms with Gasteiger partial charge in [-0.3, -0.25) is 4.79 Å². The minimum atomic E-state index is 0.689. The van der Waals surface area contributed by atoms with E-state index in [1.54, 1.807) is 0 Å². The molecule has 0 amide bonds. The van der Waals surface area contributed by atoms with E-state index in [4.69, 9.17) is 0 Å². The molecule has 1 nitrogen and oxygen atoms in total. The Labute approximate surface area is 81.7 Å². The van der Waals surface area contributed by atoms with Gasteiger partial charge in [-0.15, -0.1) is 0 Å². The molecular formula is C10H13BrO. The lowest BCUT2D eigenvalue weighted by Gasteiger charge is -2.05. The van der Waals surface area contributed by atoms with Gasteiger partial charge in [0.05, 0.1) is 4.48 Å². The maximum absolute atomic E-state index is 10.5. The molecule has 0 aromatic carbocycles. The molecule has 1 aliphatic rings. The summed E-state index contributed by atoms with van der Waals surface area (Å²) in [5, 5.41) is 0. The number of carbonyl (C=O) groups is 1. The summed E-state index contributed by atoms with van der Waals surface area (Å²) >= 11 is 3.26. The van der Waals surface area contributed by atoms with E-state index < -0.39 is 0 Å². The first-order valence-electron chi connectivity index (χ1n) is 4.27. The standard InChI is InChI=1S/C10H13BrO/c1-8-5-3-2-4-6-9(8)10(11)7-12/h7H,1-6H2/b10-9-. The van der Waals surface area contributed by atoms with Crippen molar-refractivity contribution in [3.8, 4) is 0 Å². The average Bonchev–Trinajstić information content (AvgIpc) is 2.28. The van der Waals surface area contributed by atoms with Crippen LogP contribution in [0, 0.1) is 0 Å². The van der Waals surface area contributed by atoms with Crippen molar-refractivity contribution in [2.75, 3.05) is 0 Å². The van der Waals surface area contributed by atoms with Crippen LogP contribution in [0.4, 0.5) is 0 Å². The molecule has 0 aliphatic heterocycles. The molecule has 0 unspecified atom stereocenters. The maximum atomic E-state index is 10.5. The molecule has 66 valence electrons. The third-order valence-electron chi connectivity index (χ3n) is 2.22. The van der Waals surface area contributed by atoms with Crippen molar-refractivity contribution in [2.24, 2.45) is 0 Å². The van der Waals surface area contributed by atoms with Crippen molar-refractivity contribution < 1.29 is 4.79 Å². The second-order valence-corrected chi connectivity index (χ2v) is 3.96. The van der Waals surface area contributed by atoms with E-state index >= 15 is 0 Å². The maximum Gasteiger partial charge on any atom is 0.157 e. The first-order chi connectivity index (χ1) is 5.75. The Kier molecular flexibility index (Phi) is 3.73. The van der Waals surface area contributed by atoms with Crippen molar-refractivity contribution in [1.82, 2.24) is 0 Å². The lowest BCUT2D eigenvalue weighted by molar-refractivity contribution is -0.104. The Morgan fingerprint density at radius 2 is 2.00 bits per heavy atom. The van der Waals surface area contributed by atoms with E-state index in [0.717, 1.165) is 30.3 Å². The van der Waals surface area contributed by atoms with Gasteiger partial charge in [-0.2, -0.15) is 0 Å². The van der Waals surface area contributed by atoms with E-state index in [0.29, 0.717) is 4.48 Å². The van der Waals surface area contributed by atoms with Gasteiger partial charge in [0, 0.05) is 0 Å². The fourth-order valence-corrected chi connectivity index (χ4v) is 1.98. The van der Waals surface area contributed by atoms with Crippen LogP contribution in [0.3, 0.4) is 0 Å². The van der Waals surface area contributed by atoms with Crippen LogP contribution in [0.25, 0.3) is 0 Å². The number of hydrogen-bond donors (Lipinski definition) is 0. The molecule has 2 heteroatoms. The third kappa shape index (κ3) is 2.31. The summed E-state index contributed by atoms with van der Waals surface area (Å²) in [4.78, 5) is 10.5. The number of carbonyl (C=O) groups excluding carboxylic acids is 1. The normalized spacial score (nSPS) is 23.2. The molecule has 1 saturated carbocycles. The van der Waals surface area contributed by atoms with Crippen LogP contribution in [0.5, 0.6) is 0 Å². The fourth-order valence-electron chi connectivity index (χ4n) is 1.50. The second-order valence-electron chi connectivity index (χ2n) is 3.11. The lowest BCUT2D eigenvalue weighted by Crippen LogP contribution is -1.89. The summed E-state index contributed by atoms with van der Waals surface area (Å²) in [5.74, 6) is 0. The summed E-state index contributed by atoms with van der Waals surface area (Å²) in [6.45, 7) is 3.98. The number of hydrogen-bond acceptors (Lipinski definition) is 1. The molecular weight excluding hydrogens is 216 g/mol. The monoisotopic (exact) mass is 228 g/mol. The smallest absolute Gasteiger partial charge is 0.157 e. The summed E-state index contributed by atoms with van der Waals surface area (Å²) in [6.07, 6.45) is 6.54. The second kappa shape index (κ2) is 4.61. The summed E-state index contributed by atoms with van der Waals surface area (Å²) in [6, 6.07) is 0. The molecule has 1 fully saturated rings. The first kappa shape index (κ1) is 9.72. The highest BCUT2D eigenvalue weighted by molar-refractivity contribution is 9.12. The topological polar surface area (TPSA) is 17.1 Å². The highest BCUT2D eigenvalue weighted by Crippen LogP contribution is 2.29. The van der Waals surface area contributed by atoms with Crippen LogP contribution in [0.1, 0.15) is 32.1 Å². The van der Waals surface area contributed by atoms with Crippen LogP contribution in [-0.2, 0) is 4.79 Å². The molecule has 0 heterocycles. The van der Waals surface area contributed by atoms with E-state index in [1.165, 1.54) is 19.3 Å². The van der Waals surface area contributed by atoms with Crippen LogP contribution >= 0.6 is 15.9 Å². The Balaban J connectivity index is 2.85. The van der Waals surface area contributed by atoms with E-state index in [2.05, 4.69) is 22.5 Å². The highest BCUT2D eigenvalue weighted by atomic mass is 79.9. The van der Waals surface area contributed by atoms with Gasteiger partial charge < -0.3 is 0 Å². The summed E-state index contributed by atoms with van der Waals surface area (Å²) < 4.78 is 0.689. The van der Waals surface area contributed by atoms with Crippen LogP contribution in [-0.4, -0.2) is 6.29 Å². The van der Waals surface area contributed by atoms with Gasteiger partial charge in [0.15, 0.2) is 6.29 Å². The van der Waals surface area contributed by atoms with Gasteiger partial charge in [0.2, 0.25) is 0 Å². The number of aldehydes is 1. The molecule has 0 aromatic heterocycles. The molecule has 0 atom stereocenters. The van der Waals surface area contributed by atoms with E-state index in [1.807, 2.05) is 0 Å². The minimum absolute atomic E-state index is 0.689. The Morgan fingerprint density at radius 3 is 2.67 bits per heavy atom. The number of halogens is 1. The zero-order valence-corrected chi connectivity index (χ0v) is 8.69. The van der Waals surface area contributed by atoms with Gasteiger partial charge in [-0.25, -0.2) is 0 Å². The van der Waals surface area contributed by atoms with Crippen LogP contribution in [0.15, 0.2) is 22.2 Å². The van der Waals surface area contributed by atoms with Crippen LogP contribution in [0.2, 0.25) is 0 Å². The summed E-state index contributed by atoms with van der Waals surface area (Å²) in [5.41, 5.74) is 2.26. The number of allylic oxidation sites excluding steroid dienone is 3. The highest BCUT2D eigenvalue weighted by Gasteiger charge is 2.11. The Hall–Kier alpha value is -0.370. The minimum Gasteiger partial charge on any atom is -0.297 e. The van der Waals surface area contributed by atoms with Crippen molar-refractivity contribution in [3.63, 3.8) is 0 Å². The van der Waals surface area contributed by atoms with E-state index in [9.17, 15) is 4.79 Å². The van der Waals surface area contributed by atoms with Crippen molar-refractivity contribution in [1.29, 1.82) is 0 Å².